The van der Waals surface area contributed by atoms with E-state index in [1.165, 1.54) is 37.8 Å². The van der Waals surface area contributed by atoms with Crippen molar-refractivity contribution in [3.8, 4) is 0 Å². The quantitative estimate of drug-likeness (QED) is 0.870. The minimum Gasteiger partial charge on any atom is -0.312 e. The molecule has 2 saturated carbocycles. The maximum Gasteiger partial charge on any atom is 0.0410 e. The predicted octanol–water partition coefficient (Wildman–Crippen LogP) is 3.37. The average molecular weight is 295 g/mol. The molecule has 1 aromatic heterocycles. The third-order valence-corrected chi connectivity index (χ3v) is 4.36. The predicted molar refractivity (Wildman–Crippen MR) is 72.6 cm³/mol. The third kappa shape index (κ3) is 3.29. The van der Waals surface area contributed by atoms with E-state index in [0.717, 1.165) is 28.8 Å². The summed E-state index contributed by atoms with van der Waals surface area (Å²) in [5.41, 5.74) is 1.27. The number of aromatic nitrogens is 1. The van der Waals surface area contributed by atoms with E-state index in [4.69, 9.17) is 0 Å². The molecule has 3 heteroatoms. The lowest BCUT2D eigenvalue weighted by Gasteiger charge is -2.16. The minimum atomic E-state index is 0.947. The molecule has 0 radical (unpaired) electrons. The van der Waals surface area contributed by atoms with Crippen molar-refractivity contribution in [2.24, 2.45) is 17.8 Å². The van der Waals surface area contributed by atoms with Gasteiger partial charge in [-0.15, -0.1) is 0 Å². The second kappa shape index (κ2) is 5.07. The van der Waals surface area contributed by atoms with Gasteiger partial charge in [-0.3, -0.25) is 4.98 Å². The highest BCUT2D eigenvalue weighted by Gasteiger charge is 2.40. The number of nitrogens with one attached hydrogen (secondary N) is 1. The van der Waals surface area contributed by atoms with E-state index in [-0.39, 0.29) is 0 Å². The molecule has 0 spiro atoms. The SMILES string of the molecule is Brc1cncc(CNCC(C2CC2)C2CC2)c1. The number of hydrogen-bond acceptors (Lipinski definition) is 2. The van der Waals surface area contributed by atoms with E-state index in [1.54, 1.807) is 0 Å². The van der Waals surface area contributed by atoms with Gasteiger partial charge in [0.1, 0.15) is 0 Å². The lowest BCUT2D eigenvalue weighted by atomic mass is 9.98. The summed E-state index contributed by atoms with van der Waals surface area (Å²) in [6.07, 6.45) is 9.67. The van der Waals surface area contributed by atoms with Gasteiger partial charge in [0, 0.05) is 23.4 Å². The average Bonchev–Trinajstić information content (AvgIpc) is 3.15. The molecular weight excluding hydrogens is 276 g/mol. The van der Waals surface area contributed by atoms with Gasteiger partial charge in [0.2, 0.25) is 0 Å². The Bertz CT molecular complexity index is 374. The van der Waals surface area contributed by atoms with Gasteiger partial charge in [0.15, 0.2) is 0 Å². The second-order valence-corrected chi connectivity index (χ2v) is 6.40. The van der Waals surface area contributed by atoms with Crippen LogP contribution in [0, 0.1) is 17.8 Å². The van der Waals surface area contributed by atoms with Gasteiger partial charge in [-0.05, 0) is 77.5 Å². The molecular formula is C14H19BrN2. The maximum atomic E-state index is 4.19. The van der Waals surface area contributed by atoms with Crippen LogP contribution in [0.2, 0.25) is 0 Å². The fourth-order valence-electron chi connectivity index (χ4n) is 2.70. The first-order valence-corrected chi connectivity index (χ1v) is 7.42. The van der Waals surface area contributed by atoms with Gasteiger partial charge in [0.25, 0.3) is 0 Å². The fourth-order valence-corrected chi connectivity index (χ4v) is 3.11. The zero-order valence-electron chi connectivity index (χ0n) is 10.0. The molecule has 0 amide bonds. The van der Waals surface area contributed by atoms with E-state index in [9.17, 15) is 0 Å². The van der Waals surface area contributed by atoms with E-state index in [1.807, 2.05) is 12.4 Å². The van der Waals surface area contributed by atoms with Gasteiger partial charge in [-0.1, -0.05) is 0 Å². The zero-order chi connectivity index (χ0) is 11.7. The van der Waals surface area contributed by atoms with Gasteiger partial charge in [0.05, 0.1) is 0 Å². The van der Waals surface area contributed by atoms with E-state index >= 15 is 0 Å². The van der Waals surface area contributed by atoms with Gasteiger partial charge in [-0.25, -0.2) is 0 Å². The van der Waals surface area contributed by atoms with E-state index < -0.39 is 0 Å². The fraction of sp³-hybridized carbons (Fsp3) is 0.643. The molecule has 2 fully saturated rings. The van der Waals surface area contributed by atoms with Crippen molar-refractivity contribution in [1.82, 2.24) is 10.3 Å². The first-order valence-electron chi connectivity index (χ1n) is 6.63. The second-order valence-electron chi connectivity index (χ2n) is 5.48. The molecule has 2 aliphatic rings. The monoisotopic (exact) mass is 294 g/mol. The summed E-state index contributed by atoms with van der Waals surface area (Å²) in [6, 6.07) is 2.14. The Morgan fingerprint density at radius 2 is 1.94 bits per heavy atom. The van der Waals surface area contributed by atoms with Crippen molar-refractivity contribution in [1.29, 1.82) is 0 Å². The Labute approximate surface area is 111 Å². The smallest absolute Gasteiger partial charge is 0.0410 e. The normalized spacial score (nSPS) is 19.9. The Kier molecular flexibility index (Phi) is 3.48. The van der Waals surface area contributed by atoms with Crippen LogP contribution in [0.25, 0.3) is 0 Å². The van der Waals surface area contributed by atoms with Crippen molar-refractivity contribution in [3.63, 3.8) is 0 Å². The minimum absolute atomic E-state index is 0.947. The standard InChI is InChI=1S/C14H19BrN2/c15-13-5-10(6-16-8-13)7-17-9-14(11-1-2-11)12-3-4-12/h5-6,8,11-12,14,17H,1-4,7,9H2. The van der Waals surface area contributed by atoms with E-state index in [0.29, 0.717) is 0 Å². The molecule has 0 bridgehead atoms. The summed E-state index contributed by atoms with van der Waals surface area (Å²) < 4.78 is 1.07. The van der Waals surface area contributed by atoms with Crippen LogP contribution in [0.5, 0.6) is 0 Å². The first-order chi connectivity index (χ1) is 8.33. The number of pyridine rings is 1. The van der Waals surface area contributed by atoms with Gasteiger partial charge >= 0.3 is 0 Å². The number of hydrogen-bond donors (Lipinski definition) is 1. The number of nitrogens with zero attached hydrogens (tertiary/aromatic N) is 1. The number of rotatable bonds is 6. The van der Waals surface area contributed by atoms with Crippen molar-refractivity contribution in [2.75, 3.05) is 6.54 Å². The van der Waals surface area contributed by atoms with Crippen LogP contribution >= 0.6 is 15.9 Å². The topological polar surface area (TPSA) is 24.9 Å². The molecule has 0 atom stereocenters. The Morgan fingerprint density at radius 3 is 2.53 bits per heavy atom. The summed E-state index contributed by atoms with van der Waals surface area (Å²) in [5, 5.41) is 3.61. The highest BCUT2D eigenvalue weighted by atomic mass is 79.9. The van der Waals surface area contributed by atoms with Crippen LogP contribution in [0.1, 0.15) is 31.2 Å². The van der Waals surface area contributed by atoms with Crippen LogP contribution < -0.4 is 5.32 Å². The van der Waals surface area contributed by atoms with Crippen LogP contribution in [-0.4, -0.2) is 11.5 Å². The molecule has 0 aromatic carbocycles. The van der Waals surface area contributed by atoms with E-state index in [2.05, 4.69) is 32.3 Å². The molecule has 1 aromatic rings. The van der Waals surface area contributed by atoms with Crippen molar-refractivity contribution in [3.05, 3.63) is 28.5 Å². The Hall–Kier alpha value is -0.410. The molecule has 0 saturated heterocycles. The largest absolute Gasteiger partial charge is 0.312 e. The molecule has 1 N–H and O–H groups in total. The van der Waals surface area contributed by atoms with Crippen molar-refractivity contribution < 1.29 is 0 Å². The molecule has 17 heavy (non-hydrogen) atoms. The molecule has 92 valence electrons. The van der Waals surface area contributed by atoms with Crippen LogP contribution in [-0.2, 0) is 6.54 Å². The third-order valence-electron chi connectivity index (χ3n) is 3.93. The van der Waals surface area contributed by atoms with Crippen molar-refractivity contribution >= 4 is 15.9 Å². The molecule has 3 rings (SSSR count). The highest BCUT2D eigenvalue weighted by molar-refractivity contribution is 9.10. The molecule has 0 unspecified atom stereocenters. The molecule has 1 heterocycles. The Balaban J connectivity index is 1.47. The molecule has 2 aliphatic carbocycles. The summed E-state index contributed by atoms with van der Waals surface area (Å²) in [4.78, 5) is 4.19. The molecule has 0 aliphatic heterocycles. The summed E-state index contributed by atoms with van der Waals surface area (Å²) >= 11 is 3.46. The van der Waals surface area contributed by atoms with Crippen LogP contribution in [0.3, 0.4) is 0 Å². The number of halogens is 1. The summed E-state index contributed by atoms with van der Waals surface area (Å²) in [7, 11) is 0. The van der Waals surface area contributed by atoms with Gasteiger partial charge in [-0.2, -0.15) is 0 Å². The van der Waals surface area contributed by atoms with Crippen molar-refractivity contribution in [2.45, 2.75) is 32.2 Å². The Morgan fingerprint density at radius 1 is 1.24 bits per heavy atom. The van der Waals surface area contributed by atoms with Crippen LogP contribution in [0.15, 0.2) is 22.9 Å². The lowest BCUT2D eigenvalue weighted by Crippen LogP contribution is -2.25. The highest BCUT2D eigenvalue weighted by Crippen LogP contribution is 2.48. The summed E-state index contributed by atoms with van der Waals surface area (Å²) in [5.74, 6) is 3.03. The maximum absolute atomic E-state index is 4.19. The lowest BCUT2D eigenvalue weighted by molar-refractivity contribution is 0.378. The summed E-state index contributed by atoms with van der Waals surface area (Å²) in [6.45, 7) is 2.14. The molecule has 2 nitrogen and oxygen atoms in total. The zero-order valence-corrected chi connectivity index (χ0v) is 11.6. The van der Waals surface area contributed by atoms with Gasteiger partial charge < -0.3 is 5.32 Å². The van der Waals surface area contributed by atoms with Crippen LogP contribution in [0.4, 0.5) is 0 Å². The first kappa shape index (κ1) is 11.7.